The lowest BCUT2D eigenvalue weighted by atomic mass is 9.51. The third-order valence-corrected chi connectivity index (χ3v) is 12.9. The van der Waals surface area contributed by atoms with Crippen LogP contribution in [0.25, 0.3) is 0 Å². The lowest BCUT2D eigenvalue weighted by Crippen LogP contribution is -2.61. The molecule has 0 amide bonds. The van der Waals surface area contributed by atoms with Gasteiger partial charge in [0.2, 0.25) is 0 Å². The SMILES string of the molecule is C.COC1=CC2[C@@H]3[C@H](C)c4ccc(OC)c(O)c4[C@]2(CCN3C)CC1=O.COC1=CC2[C@@H]3[C@H](O)c4ccc(OC)c(O)c4[C@]2(CCN3C)CC1=O. The highest BCUT2D eigenvalue weighted by molar-refractivity contribution is 5.97. The van der Waals surface area contributed by atoms with Crippen LogP contribution in [0.4, 0.5) is 0 Å². The van der Waals surface area contributed by atoms with Crippen molar-refractivity contribution in [3.8, 4) is 23.0 Å². The number of carbonyl (C=O) groups excluding carboxylic acids is 2. The molecule has 51 heavy (non-hydrogen) atoms. The quantitative estimate of drug-likeness (QED) is 0.408. The zero-order valence-corrected chi connectivity index (χ0v) is 29.9. The van der Waals surface area contributed by atoms with Crippen LogP contribution in [0.15, 0.2) is 47.9 Å². The van der Waals surface area contributed by atoms with E-state index < -0.39 is 11.5 Å². The second-order valence-electron chi connectivity index (χ2n) is 14.9. The lowest BCUT2D eigenvalue weighted by Gasteiger charge is -2.58. The van der Waals surface area contributed by atoms with E-state index in [2.05, 4.69) is 29.8 Å². The van der Waals surface area contributed by atoms with Crippen LogP contribution in [0.5, 0.6) is 23.0 Å². The molecule has 8 atom stereocenters. The molecular weight excluding hydrogens is 652 g/mol. The number of fused-ring (bicyclic) bond motifs is 2. The van der Waals surface area contributed by atoms with Gasteiger partial charge in [-0.2, -0.15) is 0 Å². The molecule has 2 saturated heterocycles. The molecule has 0 saturated carbocycles. The van der Waals surface area contributed by atoms with Crippen LogP contribution in [0.2, 0.25) is 0 Å². The van der Waals surface area contributed by atoms with Crippen LogP contribution in [0, 0.1) is 11.8 Å². The highest BCUT2D eigenvalue weighted by Crippen LogP contribution is 2.62. The number of hydrogen-bond donors (Lipinski definition) is 3. The van der Waals surface area contributed by atoms with Crippen LogP contribution in [-0.2, 0) is 29.9 Å². The van der Waals surface area contributed by atoms with E-state index in [-0.39, 0.29) is 72.2 Å². The van der Waals surface area contributed by atoms with Gasteiger partial charge in [0.05, 0.1) is 34.5 Å². The van der Waals surface area contributed by atoms with E-state index >= 15 is 0 Å². The van der Waals surface area contributed by atoms with E-state index in [1.807, 2.05) is 31.3 Å². The van der Waals surface area contributed by atoms with Crippen LogP contribution < -0.4 is 9.47 Å². The van der Waals surface area contributed by atoms with E-state index in [1.54, 1.807) is 20.3 Å². The minimum atomic E-state index is -0.752. The molecule has 2 aromatic carbocycles. The molecule has 0 aromatic heterocycles. The molecule has 8 rings (SSSR count). The number of hydrogen-bond acceptors (Lipinski definition) is 11. The van der Waals surface area contributed by atoms with Gasteiger partial charge in [-0.3, -0.25) is 14.5 Å². The Morgan fingerprint density at radius 2 is 1.12 bits per heavy atom. The third-order valence-electron chi connectivity index (χ3n) is 12.9. The number of piperidine rings is 2. The number of phenols is 2. The summed E-state index contributed by atoms with van der Waals surface area (Å²) in [6.07, 6.45) is 5.30. The van der Waals surface area contributed by atoms with E-state index in [0.717, 1.165) is 37.1 Å². The number of aliphatic hydroxyl groups is 1. The molecule has 2 fully saturated rings. The van der Waals surface area contributed by atoms with Gasteiger partial charge in [0.25, 0.3) is 0 Å². The standard InChI is InChI=1S/C20H25NO4.C19H23NO5.CH4/c1-11-12-5-6-15(24-3)19(23)17(12)20-7-8-21(2)18(11)13(20)9-16(25-4)14(22)10-20;1-20-7-6-19-9-12(21)14(25-3)8-11(19)16(20)17(22)10-4-5-13(24-2)18(23)15(10)19;/h5-6,9,11,13,18,23H,7-8,10H2,1-4H3;4-5,8,11,16-17,22-23H,6-7,9H2,1-3H3;1H4/t11-,13?,18+,20-;11?,16-,17-,19-;/m11./s1. The molecule has 6 aliphatic rings. The molecule has 2 aromatic rings. The lowest BCUT2D eigenvalue weighted by molar-refractivity contribution is -0.125. The van der Waals surface area contributed by atoms with Gasteiger partial charge in [-0.25, -0.2) is 0 Å². The minimum Gasteiger partial charge on any atom is -0.504 e. The number of methoxy groups -OCH3 is 4. The van der Waals surface area contributed by atoms with Crippen LogP contribution in [0.1, 0.15) is 74.3 Å². The molecule has 11 nitrogen and oxygen atoms in total. The summed E-state index contributed by atoms with van der Waals surface area (Å²) in [6.45, 7) is 3.86. The summed E-state index contributed by atoms with van der Waals surface area (Å²) in [5, 5.41) is 32.9. The largest absolute Gasteiger partial charge is 0.504 e. The van der Waals surface area contributed by atoms with Crippen molar-refractivity contribution >= 4 is 11.6 Å². The highest BCUT2D eigenvalue weighted by Gasteiger charge is 2.60. The first kappa shape index (κ1) is 36.7. The van der Waals surface area contributed by atoms with Gasteiger partial charge in [-0.1, -0.05) is 26.5 Å². The Kier molecular flexibility index (Phi) is 9.48. The number of Topliss-reactive ketones (excluding diaryl/α,β-unsaturated/α-hetero) is 2. The van der Waals surface area contributed by atoms with Gasteiger partial charge in [0.15, 0.2) is 46.1 Å². The first-order chi connectivity index (χ1) is 23.9. The number of aromatic hydroxyl groups is 2. The smallest absolute Gasteiger partial charge is 0.197 e. The highest BCUT2D eigenvalue weighted by atomic mass is 16.5. The van der Waals surface area contributed by atoms with Gasteiger partial charge >= 0.3 is 0 Å². The predicted molar refractivity (Wildman–Crippen MR) is 191 cm³/mol. The molecule has 276 valence electrons. The second kappa shape index (κ2) is 13.2. The molecule has 11 heteroatoms. The van der Waals surface area contributed by atoms with Gasteiger partial charge in [0.1, 0.15) is 0 Å². The Labute approximate surface area is 300 Å². The van der Waals surface area contributed by atoms with Crippen molar-refractivity contribution in [3.63, 3.8) is 0 Å². The Morgan fingerprint density at radius 1 is 0.686 bits per heavy atom. The van der Waals surface area contributed by atoms with Gasteiger partial charge in [-0.15, -0.1) is 0 Å². The molecule has 2 heterocycles. The summed E-state index contributed by atoms with van der Waals surface area (Å²) in [5.41, 5.74) is 2.48. The number of phenolic OH excluding ortho intramolecular Hbond substituents is 2. The Hall–Kier alpha value is -4.06. The fraction of sp³-hybridized carbons (Fsp3) is 0.550. The maximum Gasteiger partial charge on any atom is 0.197 e. The van der Waals surface area contributed by atoms with Crippen molar-refractivity contribution in [2.24, 2.45) is 11.8 Å². The number of benzene rings is 2. The van der Waals surface area contributed by atoms with E-state index in [0.29, 0.717) is 40.6 Å². The van der Waals surface area contributed by atoms with Gasteiger partial charge in [-0.05, 0) is 81.4 Å². The number of rotatable bonds is 4. The van der Waals surface area contributed by atoms with Crippen LogP contribution in [-0.4, -0.2) is 104 Å². The molecule has 0 radical (unpaired) electrons. The van der Waals surface area contributed by atoms with Crippen molar-refractivity contribution in [1.29, 1.82) is 0 Å². The zero-order valence-electron chi connectivity index (χ0n) is 29.9. The Morgan fingerprint density at radius 3 is 1.59 bits per heavy atom. The third kappa shape index (κ3) is 5.10. The van der Waals surface area contributed by atoms with Crippen molar-refractivity contribution in [2.45, 2.75) is 75.0 Å². The number of allylic oxidation sites excluding steroid dienone is 2. The number of ketones is 2. The Bertz CT molecular complexity index is 1670. The average Bonchev–Trinajstić information content (AvgIpc) is 3.10. The van der Waals surface area contributed by atoms with E-state index in [4.69, 9.17) is 18.9 Å². The summed E-state index contributed by atoms with van der Waals surface area (Å²) < 4.78 is 21.3. The molecule has 2 unspecified atom stereocenters. The fourth-order valence-corrected chi connectivity index (χ4v) is 10.6. The molecule has 4 bridgehead atoms. The van der Waals surface area contributed by atoms with E-state index in [1.165, 1.54) is 14.2 Å². The molecular formula is C40H52N2O9. The summed E-state index contributed by atoms with van der Waals surface area (Å²) >= 11 is 0. The van der Waals surface area contributed by atoms with Crippen molar-refractivity contribution in [2.75, 3.05) is 55.6 Å². The van der Waals surface area contributed by atoms with E-state index in [9.17, 15) is 24.9 Å². The van der Waals surface area contributed by atoms with Crippen molar-refractivity contribution in [1.82, 2.24) is 9.80 Å². The van der Waals surface area contributed by atoms with Crippen LogP contribution in [0.3, 0.4) is 0 Å². The first-order valence-corrected chi connectivity index (χ1v) is 17.4. The maximum absolute atomic E-state index is 12.7. The van der Waals surface area contributed by atoms with Crippen molar-refractivity contribution < 1.29 is 43.9 Å². The van der Waals surface area contributed by atoms with Gasteiger partial charge < -0.3 is 39.2 Å². The first-order valence-electron chi connectivity index (χ1n) is 17.4. The zero-order chi connectivity index (χ0) is 35.9. The number of aliphatic hydroxyl groups excluding tert-OH is 1. The average molecular weight is 705 g/mol. The minimum absolute atomic E-state index is 0. The van der Waals surface area contributed by atoms with Crippen LogP contribution >= 0.6 is 0 Å². The van der Waals surface area contributed by atoms with Crippen molar-refractivity contribution in [3.05, 3.63) is 70.2 Å². The predicted octanol–water partition coefficient (Wildman–Crippen LogP) is 4.72. The summed E-state index contributed by atoms with van der Waals surface area (Å²) in [4.78, 5) is 29.8. The number of likely N-dealkylation sites (tertiary alicyclic amines) is 2. The second-order valence-corrected chi connectivity index (χ2v) is 14.9. The normalized spacial score (nSPS) is 33.3. The molecule has 4 aliphatic carbocycles. The number of carbonyl (C=O) groups is 2. The monoisotopic (exact) mass is 704 g/mol. The summed E-state index contributed by atoms with van der Waals surface area (Å²) in [5.74, 6) is 2.11. The molecule has 0 spiro atoms. The summed E-state index contributed by atoms with van der Waals surface area (Å²) in [7, 11) is 10.3. The Balaban J connectivity index is 0.000000172. The fourth-order valence-electron chi connectivity index (χ4n) is 10.6. The van der Waals surface area contributed by atoms with Gasteiger partial charge in [0, 0.05) is 58.7 Å². The number of ether oxygens (including phenoxy) is 4. The molecule has 2 aliphatic heterocycles. The molecule has 3 N–H and O–H groups in total. The summed E-state index contributed by atoms with van der Waals surface area (Å²) in [6, 6.07) is 7.49. The maximum atomic E-state index is 12.7. The number of nitrogens with zero attached hydrogens (tertiary/aromatic N) is 2. The number of likely N-dealkylation sites (N-methyl/N-ethyl adjacent to an activating group) is 2. The topological polar surface area (TPSA) is 138 Å².